The molecule has 0 saturated heterocycles. The molecule has 33 heavy (non-hydrogen) atoms. The van der Waals surface area contributed by atoms with Crippen molar-refractivity contribution in [1.29, 1.82) is 0 Å². The highest BCUT2D eigenvalue weighted by Gasteiger charge is 2.35. The Labute approximate surface area is 201 Å². The topological polar surface area (TPSA) is 67.7 Å². The summed E-state index contributed by atoms with van der Waals surface area (Å²) in [6, 6.07) is 10.6. The summed E-state index contributed by atoms with van der Waals surface area (Å²) >= 11 is 12.2. The van der Waals surface area contributed by atoms with Gasteiger partial charge >= 0.3 is 6.09 Å². The Hall–Kier alpha value is -3.03. The van der Waals surface area contributed by atoms with E-state index in [4.69, 9.17) is 27.9 Å². The minimum atomic E-state index is -0.582. The zero-order valence-electron chi connectivity index (χ0n) is 18.2. The van der Waals surface area contributed by atoms with Crippen LogP contribution in [0.4, 0.5) is 16.2 Å². The van der Waals surface area contributed by atoms with Gasteiger partial charge in [-0.1, -0.05) is 29.3 Å². The molecule has 2 heterocycles. The van der Waals surface area contributed by atoms with Crippen molar-refractivity contribution >= 4 is 46.6 Å². The molecule has 1 aliphatic heterocycles. The summed E-state index contributed by atoms with van der Waals surface area (Å²) in [5.41, 5.74) is 3.10. The van der Waals surface area contributed by atoms with Crippen molar-refractivity contribution in [3.63, 3.8) is 0 Å². The second-order valence-electron chi connectivity index (χ2n) is 8.44. The van der Waals surface area contributed by atoms with Gasteiger partial charge in [-0.3, -0.25) is 14.4 Å². The normalized spacial score (nSPS) is 17.6. The first-order chi connectivity index (χ1) is 15.8. The number of amides is 2. The van der Waals surface area contributed by atoms with Crippen molar-refractivity contribution in [3.05, 3.63) is 58.8 Å². The lowest BCUT2D eigenvalue weighted by molar-refractivity contribution is -0.117. The Balaban J connectivity index is 1.52. The number of carbonyl (C=O) groups excluding carboxylic acids is 2. The first kappa shape index (κ1) is 21.8. The molecule has 0 bridgehead atoms. The molecule has 1 fully saturated rings. The number of benzene rings is 2. The van der Waals surface area contributed by atoms with E-state index in [1.54, 1.807) is 21.9 Å². The Bertz CT molecular complexity index is 1250. The first-order valence-electron chi connectivity index (χ1n) is 10.7. The lowest BCUT2D eigenvalue weighted by Crippen LogP contribution is -2.52. The van der Waals surface area contributed by atoms with Gasteiger partial charge in [0.1, 0.15) is 0 Å². The zero-order valence-corrected chi connectivity index (χ0v) is 19.7. The van der Waals surface area contributed by atoms with E-state index in [1.165, 1.54) is 13.0 Å². The van der Waals surface area contributed by atoms with E-state index >= 15 is 0 Å². The molecule has 9 heteroatoms. The van der Waals surface area contributed by atoms with E-state index in [1.807, 2.05) is 42.2 Å². The zero-order chi connectivity index (χ0) is 23.3. The average molecular weight is 485 g/mol. The molecular formula is C24H22Cl2N4O3. The lowest BCUT2D eigenvalue weighted by Gasteiger charge is -2.40. The maximum atomic E-state index is 13.2. The average Bonchev–Trinajstić information content (AvgIpc) is 3.51. The fourth-order valence-electron chi connectivity index (χ4n) is 4.19. The SMILES string of the molecule is CC(=O)N1c2ccc(-c3cnn(C4CC4)c3)cc2N(C(=O)Oc2ccc(Cl)cc2Cl)C[C@@H]1C. The number of hydrogen-bond acceptors (Lipinski definition) is 4. The second-order valence-corrected chi connectivity index (χ2v) is 9.28. The van der Waals surface area contributed by atoms with E-state index in [0.29, 0.717) is 22.4 Å². The van der Waals surface area contributed by atoms with E-state index < -0.39 is 6.09 Å². The molecule has 170 valence electrons. The summed E-state index contributed by atoms with van der Waals surface area (Å²) in [4.78, 5) is 28.9. The van der Waals surface area contributed by atoms with Crippen LogP contribution in [0.2, 0.25) is 10.0 Å². The lowest BCUT2D eigenvalue weighted by atomic mass is 10.0. The van der Waals surface area contributed by atoms with Gasteiger partial charge in [-0.2, -0.15) is 5.10 Å². The first-order valence-corrected chi connectivity index (χ1v) is 11.5. The molecule has 1 atom stereocenters. The molecule has 1 saturated carbocycles. The van der Waals surface area contributed by atoms with Gasteiger partial charge in [0, 0.05) is 30.3 Å². The van der Waals surface area contributed by atoms with Crippen molar-refractivity contribution in [2.24, 2.45) is 0 Å². The molecule has 7 nitrogen and oxygen atoms in total. The molecule has 2 amide bonds. The highest BCUT2D eigenvalue weighted by molar-refractivity contribution is 6.35. The molecule has 0 unspecified atom stereocenters. The quantitative estimate of drug-likeness (QED) is 0.460. The van der Waals surface area contributed by atoms with Crippen LogP contribution in [0, 0.1) is 0 Å². The number of hydrogen-bond donors (Lipinski definition) is 0. The predicted octanol–water partition coefficient (Wildman–Crippen LogP) is 5.95. The number of ether oxygens (including phenoxy) is 1. The molecule has 0 radical (unpaired) electrons. The monoisotopic (exact) mass is 484 g/mol. The van der Waals surface area contributed by atoms with Gasteiger partial charge in [-0.25, -0.2) is 4.79 Å². The van der Waals surface area contributed by atoms with Crippen LogP contribution in [0.15, 0.2) is 48.8 Å². The Morgan fingerprint density at radius 2 is 1.85 bits per heavy atom. The standard InChI is InChI=1S/C24H22Cl2N4O3/c1-14-12-28(24(32)33-23-8-4-18(25)10-20(23)26)22-9-16(3-7-21(22)30(14)15(2)31)17-11-27-29(13-17)19-5-6-19/h3-4,7-11,13-14,19H,5-6,12H2,1-2H3/t14-/m0/s1. The largest absolute Gasteiger partial charge is 0.419 e. The fraction of sp³-hybridized carbons (Fsp3) is 0.292. The molecule has 3 aromatic rings. The smallest absolute Gasteiger partial charge is 0.408 e. The number of anilines is 2. The van der Waals surface area contributed by atoms with Crippen molar-refractivity contribution in [1.82, 2.24) is 9.78 Å². The van der Waals surface area contributed by atoms with Crippen LogP contribution < -0.4 is 14.5 Å². The summed E-state index contributed by atoms with van der Waals surface area (Å²) in [7, 11) is 0. The van der Waals surface area contributed by atoms with Crippen molar-refractivity contribution in [3.8, 4) is 16.9 Å². The summed E-state index contributed by atoms with van der Waals surface area (Å²) in [5, 5.41) is 5.16. The Morgan fingerprint density at radius 1 is 1.06 bits per heavy atom. The fourth-order valence-corrected chi connectivity index (χ4v) is 4.64. The van der Waals surface area contributed by atoms with Gasteiger partial charge < -0.3 is 9.64 Å². The number of nitrogens with zero attached hydrogens (tertiary/aromatic N) is 4. The van der Waals surface area contributed by atoms with Crippen LogP contribution in [0.25, 0.3) is 11.1 Å². The molecule has 2 aromatic carbocycles. The Kier molecular flexibility index (Phi) is 5.54. The van der Waals surface area contributed by atoms with Crippen LogP contribution in [-0.2, 0) is 4.79 Å². The summed E-state index contributed by atoms with van der Waals surface area (Å²) in [6.45, 7) is 3.70. The predicted molar refractivity (Wildman–Crippen MR) is 128 cm³/mol. The molecule has 0 spiro atoms. The third-order valence-electron chi connectivity index (χ3n) is 5.92. The third-order valence-corrected chi connectivity index (χ3v) is 6.45. The molecular weight excluding hydrogens is 463 g/mol. The maximum Gasteiger partial charge on any atom is 0.419 e. The van der Waals surface area contributed by atoms with Gasteiger partial charge in [-0.15, -0.1) is 0 Å². The van der Waals surface area contributed by atoms with Gasteiger partial charge in [-0.05, 0) is 55.7 Å². The van der Waals surface area contributed by atoms with Crippen LogP contribution >= 0.6 is 23.2 Å². The van der Waals surface area contributed by atoms with E-state index in [0.717, 1.165) is 24.0 Å². The number of fused-ring (bicyclic) bond motifs is 1. The molecule has 1 aromatic heterocycles. The van der Waals surface area contributed by atoms with Gasteiger partial charge in [0.05, 0.1) is 34.7 Å². The van der Waals surface area contributed by atoms with E-state index in [2.05, 4.69) is 5.10 Å². The van der Waals surface area contributed by atoms with Crippen molar-refractivity contribution in [2.75, 3.05) is 16.3 Å². The van der Waals surface area contributed by atoms with Crippen molar-refractivity contribution in [2.45, 2.75) is 38.8 Å². The molecule has 5 rings (SSSR count). The van der Waals surface area contributed by atoms with Crippen LogP contribution in [0.1, 0.15) is 32.7 Å². The number of halogens is 2. The minimum absolute atomic E-state index is 0.0909. The van der Waals surface area contributed by atoms with Crippen LogP contribution in [-0.4, -0.2) is 34.4 Å². The molecule has 0 N–H and O–H groups in total. The van der Waals surface area contributed by atoms with Crippen molar-refractivity contribution < 1.29 is 14.3 Å². The number of aromatic nitrogens is 2. The second kappa shape index (κ2) is 8.39. The highest BCUT2D eigenvalue weighted by Crippen LogP contribution is 2.40. The van der Waals surface area contributed by atoms with Gasteiger partial charge in [0.2, 0.25) is 5.91 Å². The summed E-state index contributed by atoms with van der Waals surface area (Å²) in [5.74, 6) is 0.128. The summed E-state index contributed by atoms with van der Waals surface area (Å²) < 4.78 is 7.59. The third kappa shape index (κ3) is 4.18. The van der Waals surface area contributed by atoms with Gasteiger partial charge in [0.25, 0.3) is 0 Å². The molecule has 1 aliphatic carbocycles. The minimum Gasteiger partial charge on any atom is -0.408 e. The van der Waals surface area contributed by atoms with Crippen LogP contribution in [0.5, 0.6) is 5.75 Å². The number of rotatable bonds is 3. The van der Waals surface area contributed by atoms with Crippen LogP contribution in [0.3, 0.4) is 0 Å². The summed E-state index contributed by atoms with van der Waals surface area (Å²) in [6.07, 6.45) is 5.54. The van der Waals surface area contributed by atoms with E-state index in [9.17, 15) is 9.59 Å². The highest BCUT2D eigenvalue weighted by atomic mass is 35.5. The Morgan fingerprint density at radius 3 is 2.55 bits per heavy atom. The van der Waals surface area contributed by atoms with E-state index in [-0.39, 0.29) is 29.3 Å². The van der Waals surface area contributed by atoms with Gasteiger partial charge in [0.15, 0.2) is 5.75 Å². The number of carbonyl (C=O) groups is 2. The maximum absolute atomic E-state index is 13.2. The molecule has 2 aliphatic rings.